The Bertz CT molecular complexity index is 344. The first kappa shape index (κ1) is 12.0. The van der Waals surface area contributed by atoms with Gasteiger partial charge in [-0.05, 0) is 34.5 Å². The third kappa shape index (κ3) is 3.51. The highest BCUT2D eigenvalue weighted by Crippen LogP contribution is 2.19. The molecule has 1 heterocycles. The SMILES string of the molecule is CCCC(Nc1ncccc1Br)C(=O)O. The first-order valence-electron chi connectivity index (χ1n) is 4.75. The Hall–Kier alpha value is -1.10. The fourth-order valence-electron chi connectivity index (χ4n) is 1.20. The maximum Gasteiger partial charge on any atom is 0.326 e. The van der Waals surface area contributed by atoms with Gasteiger partial charge in [0, 0.05) is 6.20 Å². The molecule has 0 aromatic carbocycles. The van der Waals surface area contributed by atoms with Crippen molar-refractivity contribution < 1.29 is 9.90 Å². The lowest BCUT2D eigenvalue weighted by atomic mass is 10.2. The van der Waals surface area contributed by atoms with Crippen LogP contribution in [0.2, 0.25) is 0 Å². The van der Waals surface area contributed by atoms with E-state index in [4.69, 9.17) is 5.11 Å². The molecule has 1 unspecified atom stereocenters. The molecule has 1 aromatic rings. The van der Waals surface area contributed by atoms with Crippen molar-refractivity contribution in [3.05, 3.63) is 22.8 Å². The van der Waals surface area contributed by atoms with Crippen LogP contribution < -0.4 is 5.32 Å². The second-order valence-corrected chi connectivity index (χ2v) is 4.01. The number of carboxylic acids is 1. The Balaban J connectivity index is 2.74. The van der Waals surface area contributed by atoms with E-state index in [-0.39, 0.29) is 0 Å². The maximum atomic E-state index is 10.9. The first-order valence-corrected chi connectivity index (χ1v) is 5.54. The number of carboxylic acid groups (broad SMARTS) is 1. The molecule has 1 atom stereocenters. The number of aliphatic carboxylic acids is 1. The molecule has 1 aromatic heterocycles. The number of aromatic nitrogens is 1. The number of pyridine rings is 1. The van der Waals surface area contributed by atoms with Gasteiger partial charge in [-0.1, -0.05) is 13.3 Å². The van der Waals surface area contributed by atoms with Crippen LogP contribution in [0.15, 0.2) is 22.8 Å². The Kier molecular flexibility index (Phi) is 4.55. The molecule has 0 fully saturated rings. The molecule has 15 heavy (non-hydrogen) atoms. The molecule has 0 aliphatic heterocycles. The van der Waals surface area contributed by atoms with Crippen molar-refractivity contribution in [2.24, 2.45) is 0 Å². The summed E-state index contributed by atoms with van der Waals surface area (Å²) in [5.41, 5.74) is 0. The molecule has 5 heteroatoms. The van der Waals surface area contributed by atoms with Crippen molar-refractivity contribution in [2.45, 2.75) is 25.8 Å². The van der Waals surface area contributed by atoms with Crippen LogP contribution in [0.3, 0.4) is 0 Å². The van der Waals surface area contributed by atoms with E-state index in [1.165, 1.54) is 0 Å². The normalized spacial score (nSPS) is 12.1. The molecule has 0 saturated carbocycles. The number of hydrogen-bond acceptors (Lipinski definition) is 3. The van der Waals surface area contributed by atoms with Crippen molar-refractivity contribution in [1.82, 2.24) is 4.98 Å². The van der Waals surface area contributed by atoms with Gasteiger partial charge < -0.3 is 10.4 Å². The minimum absolute atomic E-state index is 0.568. The van der Waals surface area contributed by atoms with Crippen LogP contribution in [0.25, 0.3) is 0 Å². The number of halogens is 1. The van der Waals surface area contributed by atoms with Crippen LogP contribution in [-0.4, -0.2) is 22.1 Å². The fourth-order valence-corrected chi connectivity index (χ4v) is 1.57. The molecule has 82 valence electrons. The highest BCUT2D eigenvalue weighted by molar-refractivity contribution is 9.10. The number of rotatable bonds is 5. The van der Waals surface area contributed by atoms with Crippen molar-refractivity contribution >= 4 is 27.7 Å². The van der Waals surface area contributed by atoms with E-state index in [9.17, 15) is 4.79 Å². The summed E-state index contributed by atoms with van der Waals surface area (Å²) in [7, 11) is 0. The molecule has 0 aliphatic carbocycles. The highest BCUT2D eigenvalue weighted by Gasteiger charge is 2.17. The van der Waals surface area contributed by atoms with Crippen molar-refractivity contribution in [3.63, 3.8) is 0 Å². The minimum Gasteiger partial charge on any atom is -0.480 e. The summed E-state index contributed by atoms with van der Waals surface area (Å²) in [4.78, 5) is 15.0. The molecule has 4 nitrogen and oxygen atoms in total. The topological polar surface area (TPSA) is 62.2 Å². The molecule has 0 amide bonds. The predicted molar refractivity (Wildman–Crippen MR) is 61.9 cm³/mol. The van der Waals surface area contributed by atoms with E-state index in [0.29, 0.717) is 12.2 Å². The van der Waals surface area contributed by atoms with Crippen molar-refractivity contribution in [2.75, 3.05) is 5.32 Å². The van der Waals surface area contributed by atoms with Crippen LogP contribution in [0.4, 0.5) is 5.82 Å². The molecule has 0 radical (unpaired) electrons. The molecular weight excluding hydrogens is 260 g/mol. The van der Waals surface area contributed by atoms with Crippen molar-refractivity contribution in [3.8, 4) is 0 Å². The van der Waals surface area contributed by atoms with Gasteiger partial charge >= 0.3 is 5.97 Å². The van der Waals surface area contributed by atoms with E-state index in [1.807, 2.05) is 13.0 Å². The number of nitrogens with one attached hydrogen (secondary N) is 1. The molecule has 0 saturated heterocycles. The molecule has 0 bridgehead atoms. The zero-order valence-corrected chi connectivity index (χ0v) is 9.99. The molecule has 0 aliphatic rings. The van der Waals surface area contributed by atoms with E-state index in [0.717, 1.165) is 10.9 Å². The third-order valence-corrected chi connectivity index (χ3v) is 2.58. The van der Waals surface area contributed by atoms with Gasteiger partial charge in [0.05, 0.1) is 4.47 Å². The zero-order chi connectivity index (χ0) is 11.3. The third-order valence-electron chi connectivity index (χ3n) is 1.94. The van der Waals surface area contributed by atoms with Gasteiger partial charge in [-0.2, -0.15) is 0 Å². The van der Waals surface area contributed by atoms with Gasteiger partial charge in [0.15, 0.2) is 0 Å². The lowest BCUT2D eigenvalue weighted by Crippen LogP contribution is -2.29. The van der Waals surface area contributed by atoms with Gasteiger partial charge in [0.2, 0.25) is 0 Å². The van der Waals surface area contributed by atoms with E-state index in [2.05, 4.69) is 26.2 Å². The summed E-state index contributed by atoms with van der Waals surface area (Å²) in [6, 6.07) is 3.02. The second-order valence-electron chi connectivity index (χ2n) is 3.16. The molecule has 1 rings (SSSR count). The molecule has 2 N–H and O–H groups in total. The second kappa shape index (κ2) is 5.70. The quantitative estimate of drug-likeness (QED) is 0.865. The Morgan fingerprint density at radius 3 is 3.00 bits per heavy atom. The summed E-state index contributed by atoms with van der Waals surface area (Å²) >= 11 is 3.31. The van der Waals surface area contributed by atoms with Crippen LogP contribution in [0.1, 0.15) is 19.8 Å². The minimum atomic E-state index is -0.852. The summed E-state index contributed by atoms with van der Waals surface area (Å²) < 4.78 is 0.771. The summed E-state index contributed by atoms with van der Waals surface area (Å²) in [6.45, 7) is 1.95. The fraction of sp³-hybridized carbons (Fsp3) is 0.400. The zero-order valence-electron chi connectivity index (χ0n) is 8.40. The van der Waals surface area contributed by atoms with Crippen LogP contribution in [-0.2, 0) is 4.79 Å². The smallest absolute Gasteiger partial charge is 0.326 e. The molecular formula is C10H13BrN2O2. The van der Waals surface area contributed by atoms with Gasteiger partial charge in [-0.15, -0.1) is 0 Å². The first-order chi connectivity index (χ1) is 7.15. The van der Waals surface area contributed by atoms with Gasteiger partial charge in [-0.25, -0.2) is 9.78 Å². The van der Waals surface area contributed by atoms with Crippen LogP contribution in [0.5, 0.6) is 0 Å². The standard InChI is InChI=1S/C10H13BrN2O2/c1-2-4-8(10(14)15)13-9-7(11)5-3-6-12-9/h3,5-6,8H,2,4H2,1H3,(H,12,13)(H,14,15). The van der Waals surface area contributed by atoms with Gasteiger partial charge in [0.25, 0.3) is 0 Å². The highest BCUT2D eigenvalue weighted by atomic mass is 79.9. The lowest BCUT2D eigenvalue weighted by Gasteiger charge is -2.14. The molecule has 0 spiro atoms. The summed E-state index contributed by atoms with van der Waals surface area (Å²) in [5, 5.41) is 11.8. The average molecular weight is 273 g/mol. The Morgan fingerprint density at radius 1 is 1.73 bits per heavy atom. The van der Waals surface area contributed by atoms with Gasteiger partial charge in [-0.3, -0.25) is 0 Å². The van der Waals surface area contributed by atoms with E-state index < -0.39 is 12.0 Å². The predicted octanol–water partition coefficient (Wildman–Crippen LogP) is 2.51. The van der Waals surface area contributed by atoms with Crippen molar-refractivity contribution in [1.29, 1.82) is 0 Å². The number of hydrogen-bond donors (Lipinski definition) is 2. The van der Waals surface area contributed by atoms with Crippen LogP contribution >= 0.6 is 15.9 Å². The van der Waals surface area contributed by atoms with Crippen LogP contribution in [0, 0.1) is 0 Å². The van der Waals surface area contributed by atoms with Gasteiger partial charge in [0.1, 0.15) is 11.9 Å². The van der Waals surface area contributed by atoms with E-state index in [1.54, 1.807) is 12.3 Å². The maximum absolute atomic E-state index is 10.9. The summed E-state index contributed by atoms with van der Waals surface area (Å²) in [5.74, 6) is -0.284. The monoisotopic (exact) mass is 272 g/mol. The van der Waals surface area contributed by atoms with E-state index >= 15 is 0 Å². The Morgan fingerprint density at radius 2 is 2.47 bits per heavy atom. The lowest BCUT2D eigenvalue weighted by molar-refractivity contribution is -0.138. The average Bonchev–Trinajstić information content (AvgIpc) is 2.20. The largest absolute Gasteiger partial charge is 0.480 e. The number of nitrogens with zero attached hydrogens (tertiary/aromatic N) is 1. The summed E-state index contributed by atoms with van der Waals surface area (Å²) in [6.07, 6.45) is 3.02. The number of carbonyl (C=O) groups is 1. The Labute approximate surface area is 96.8 Å². The number of anilines is 1.